The van der Waals surface area contributed by atoms with E-state index in [0.29, 0.717) is 12.8 Å². The maximum atomic E-state index is 13.2. The third kappa shape index (κ3) is 2.59. The van der Waals surface area contributed by atoms with E-state index in [1.165, 1.54) is 0 Å². The number of aliphatic hydroxyl groups is 1. The van der Waals surface area contributed by atoms with Gasteiger partial charge in [-0.2, -0.15) is 0 Å². The van der Waals surface area contributed by atoms with E-state index in [1.807, 2.05) is 18.2 Å². The summed E-state index contributed by atoms with van der Waals surface area (Å²) in [5, 5.41) is 10.0. The molecule has 1 fully saturated rings. The van der Waals surface area contributed by atoms with Crippen LogP contribution in [-0.4, -0.2) is 11.0 Å². The van der Waals surface area contributed by atoms with Gasteiger partial charge in [-0.05, 0) is 24.3 Å². The third-order valence-corrected chi connectivity index (χ3v) is 3.27. The molecule has 1 aromatic carbocycles. The summed E-state index contributed by atoms with van der Waals surface area (Å²) in [7, 11) is 0. The molecule has 1 N–H and O–H groups in total. The largest absolute Gasteiger partial charge is 0.388 e. The van der Waals surface area contributed by atoms with Gasteiger partial charge in [0.15, 0.2) is 0 Å². The lowest BCUT2D eigenvalue weighted by Gasteiger charge is -2.32. The van der Waals surface area contributed by atoms with Crippen LogP contribution in [0.1, 0.15) is 37.4 Å². The first kappa shape index (κ1) is 11.5. The summed E-state index contributed by atoms with van der Waals surface area (Å²) in [5.74, 6) is -2.91. The highest BCUT2D eigenvalue weighted by molar-refractivity contribution is 5.18. The van der Waals surface area contributed by atoms with Crippen LogP contribution in [0.4, 0.5) is 8.78 Å². The van der Waals surface area contributed by atoms with E-state index in [-0.39, 0.29) is 18.8 Å². The number of hydrogen-bond acceptors (Lipinski definition) is 1. The summed E-state index contributed by atoms with van der Waals surface area (Å²) in [4.78, 5) is 0. The van der Waals surface area contributed by atoms with Crippen LogP contribution in [0, 0.1) is 5.92 Å². The molecular weight excluding hydrogens is 210 g/mol. The fourth-order valence-corrected chi connectivity index (χ4v) is 2.40. The molecule has 1 aliphatic carbocycles. The molecular formula is C13H16F2O. The Morgan fingerprint density at radius 3 is 2.56 bits per heavy atom. The molecule has 2 atom stereocenters. The number of benzene rings is 1. The fraction of sp³-hybridized carbons (Fsp3) is 0.538. The molecule has 1 aromatic rings. The van der Waals surface area contributed by atoms with Crippen LogP contribution >= 0.6 is 0 Å². The molecule has 2 rings (SSSR count). The van der Waals surface area contributed by atoms with E-state index in [4.69, 9.17) is 0 Å². The Hall–Kier alpha value is -0.960. The average Bonchev–Trinajstić information content (AvgIpc) is 2.28. The quantitative estimate of drug-likeness (QED) is 0.817. The standard InChI is InChI=1S/C13H16F2O/c14-13(15)8-4-7-11(9-13)12(16)10-5-2-1-3-6-10/h1-3,5-6,11-12,16H,4,7-9H2. The predicted octanol–water partition coefficient (Wildman–Crippen LogP) is 3.55. The van der Waals surface area contributed by atoms with Gasteiger partial charge in [-0.15, -0.1) is 0 Å². The van der Waals surface area contributed by atoms with Gasteiger partial charge < -0.3 is 5.11 Å². The van der Waals surface area contributed by atoms with Gasteiger partial charge in [0, 0.05) is 12.8 Å². The second-order valence-corrected chi connectivity index (χ2v) is 4.57. The molecule has 0 spiro atoms. The van der Waals surface area contributed by atoms with Crippen molar-refractivity contribution in [1.29, 1.82) is 0 Å². The zero-order chi connectivity index (χ0) is 11.6. The molecule has 0 aliphatic heterocycles. The highest BCUT2D eigenvalue weighted by Gasteiger charge is 2.39. The Bertz CT molecular complexity index is 337. The number of alkyl halides is 2. The van der Waals surface area contributed by atoms with E-state index in [1.54, 1.807) is 12.1 Å². The molecule has 88 valence electrons. The summed E-state index contributed by atoms with van der Waals surface area (Å²) in [6.45, 7) is 0. The van der Waals surface area contributed by atoms with Crippen LogP contribution in [-0.2, 0) is 0 Å². The summed E-state index contributed by atoms with van der Waals surface area (Å²) in [5.41, 5.74) is 0.741. The van der Waals surface area contributed by atoms with Gasteiger partial charge >= 0.3 is 0 Å². The zero-order valence-corrected chi connectivity index (χ0v) is 9.07. The molecule has 0 bridgehead atoms. The first-order valence-corrected chi connectivity index (χ1v) is 5.69. The lowest BCUT2D eigenvalue weighted by Crippen LogP contribution is -2.29. The van der Waals surface area contributed by atoms with Gasteiger partial charge in [-0.25, -0.2) is 8.78 Å². The van der Waals surface area contributed by atoms with E-state index >= 15 is 0 Å². The van der Waals surface area contributed by atoms with Crippen LogP contribution in [0.25, 0.3) is 0 Å². The Morgan fingerprint density at radius 1 is 1.25 bits per heavy atom. The summed E-state index contributed by atoms with van der Waals surface area (Å²) in [6, 6.07) is 9.07. The lowest BCUT2D eigenvalue weighted by molar-refractivity contribution is -0.0761. The van der Waals surface area contributed by atoms with E-state index < -0.39 is 12.0 Å². The third-order valence-electron chi connectivity index (χ3n) is 3.27. The molecule has 2 unspecified atom stereocenters. The average molecular weight is 226 g/mol. The number of hydrogen-bond donors (Lipinski definition) is 1. The van der Waals surface area contributed by atoms with Crippen LogP contribution < -0.4 is 0 Å². The van der Waals surface area contributed by atoms with E-state index in [0.717, 1.165) is 5.56 Å². The number of aliphatic hydroxyl groups excluding tert-OH is 1. The van der Waals surface area contributed by atoms with Crippen molar-refractivity contribution in [2.45, 2.75) is 37.7 Å². The van der Waals surface area contributed by atoms with Crippen molar-refractivity contribution in [2.24, 2.45) is 5.92 Å². The Balaban J connectivity index is 2.08. The zero-order valence-electron chi connectivity index (χ0n) is 9.07. The van der Waals surface area contributed by atoms with Gasteiger partial charge in [0.05, 0.1) is 6.10 Å². The van der Waals surface area contributed by atoms with Gasteiger partial charge in [0.1, 0.15) is 0 Å². The molecule has 1 nitrogen and oxygen atoms in total. The smallest absolute Gasteiger partial charge is 0.248 e. The van der Waals surface area contributed by atoms with Crippen molar-refractivity contribution < 1.29 is 13.9 Å². The maximum absolute atomic E-state index is 13.2. The van der Waals surface area contributed by atoms with Crippen LogP contribution in [0.5, 0.6) is 0 Å². The normalized spacial score (nSPS) is 26.3. The van der Waals surface area contributed by atoms with E-state index in [9.17, 15) is 13.9 Å². The van der Waals surface area contributed by atoms with Crippen molar-refractivity contribution in [1.82, 2.24) is 0 Å². The molecule has 1 saturated carbocycles. The predicted molar refractivity (Wildman–Crippen MR) is 58.3 cm³/mol. The Kier molecular flexibility index (Phi) is 3.24. The van der Waals surface area contributed by atoms with Gasteiger partial charge in [-0.3, -0.25) is 0 Å². The van der Waals surface area contributed by atoms with E-state index in [2.05, 4.69) is 0 Å². The monoisotopic (exact) mass is 226 g/mol. The van der Waals surface area contributed by atoms with Gasteiger partial charge in [0.25, 0.3) is 0 Å². The highest BCUT2D eigenvalue weighted by atomic mass is 19.3. The topological polar surface area (TPSA) is 20.2 Å². The molecule has 0 heterocycles. The van der Waals surface area contributed by atoms with Crippen molar-refractivity contribution >= 4 is 0 Å². The molecule has 1 aliphatic rings. The summed E-state index contributed by atoms with van der Waals surface area (Å²) >= 11 is 0. The van der Waals surface area contributed by atoms with Crippen LogP contribution in [0.2, 0.25) is 0 Å². The van der Waals surface area contributed by atoms with Crippen LogP contribution in [0.3, 0.4) is 0 Å². The van der Waals surface area contributed by atoms with Crippen molar-refractivity contribution in [3.05, 3.63) is 35.9 Å². The Labute approximate surface area is 94.1 Å². The maximum Gasteiger partial charge on any atom is 0.248 e. The van der Waals surface area contributed by atoms with Crippen molar-refractivity contribution in [3.8, 4) is 0 Å². The van der Waals surface area contributed by atoms with Crippen LogP contribution in [0.15, 0.2) is 30.3 Å². The molecule has 0 amide bonds. The second-order valence-electron chi connectivity index (χ2n) is 4.57. The van der Waals surface area contributed by atoms with Gasteiger partial charge in [-0.1, -0.05) is 30.3 Å². The highest BCUT2D eigenvalue weighted by Crippen LogP contribution is 2.41. The molecule has 0 saturated heterocycles. The first-order chi connectivity index (χ1) is 7.58. The second kappa shape index (κ2) is 4.50. The Morgan fingerprint density at radius 2 is 1.94 bits per heavy atom. The minimum Gasteiger partial charge on any atom is -0.388 e. The van der Waals surface area contributed by atoms with Gasteiger partial charge in [0.2, 0.25) is 5.92 Å². The molecule has 3 heteroatoms. The minimum atomic E-state index is -2.60. The number of halogens is 2. The molecule has 0 aromatic heterocycles. The SMILES string of the molecule is OC(c1ccccc1)C1CCCC(F)(F)C1. The fourth-order valence-electron chi connectivity index (χ4n) is 2.40. The lowest BCUT2D eigenvalue weighted by atomic mass is 9.81. The van der Waals surface area contributed by atoms with Crippen molar-refractivity contribution in [2.75, 3.05) is 0 Å². The number of rotatable bonds is 2. The first-order valence-electron chi connectivity index (χ1n) is 5.69. The molecule has 0 radical (unpaired) electrons. The summed E-state index contributed by atoms with van der Waals surface area (Å²) < 4.78 is 26.4. The minimum absolute atomic E-state index is 0.0367. The summed E-state index contributed by atoms with van der Waals surface area (Å²) in [6.07, 6.45) is 0.203. The molecule has 16 heavy (non-hydrogen) atoms. The van der Waals surface area contributed by atoms with Crippen molar-refractivity contribution in [3.63, 3.8) is 0 Å².